The number of hydrogen-bond acceptors (Lipinski definition) is 2. The standard InChI is InChI=1S/C11H22N2OS/c1-9(7-8-15(2)14)13-11(12)10-5-3-4-6-10/h9-10H,3-8H2,1-2H3,(H2,12,13). The molecule has 0 aromatic heterocycles. The highest BCUT2D eigenvalue weighted by atomic mass is 32.2. The second-order valence-corrected chi connectivity index (χ2v) is 6.00. The van der Waals surface area contributed by atoms with Crippen LogP contribution in [0.25, 0.3) is 0 Å². The lowest BCUT2D eigenvalue weighted by Crippen LogP contribution is -2.23. The average Bonchev–Trinajstić information content (AvgIpc) is 2.67. The van der Waals surface area contributed by atoms with E-state index in [9.17, 15) is 4.21 Å². The average molecular weight is 230 g/mol. The van der Waals surface area contributed by atoms with Gasteiger partial charge in [0, 0.05) is 34.8 Å². The highest BCUT2D eigenvalue weighted by Gasteiger charge is 2.18. The molecule has 1 aliphatic carbocycles. The summed E-state index contributed by atoms with van der Waals surface area (Å²) in [5.74, 6) is 2.06. The van der Waals surface area contributed by atoms with Gasteiger partial charge in [0.1, 0.15) is 0 Å². The monoisotopic (exact) mass is 230 g/mol. The Morgan fingerprint density at radius 2 is 2.13 bits per heavy atom. The summed E-state index contributed by atoms with van der Waals surface area (Å²) in [4.78, 5) is 4.49. The van der Waals surface area contributed by atoms with E-state index in [-0.39, 0.29) is 6.04 Å². The van der Waals surface area contributed by atoms with Gasteiger partial charge in [0.2, 0.25) is 0 Å². The molecular formula is C11H22N2OS. The fourth-order valence-corrected chi connectivity index (χ4v) is 2.66. The Morgan fingerprint density at radius 1 is 1.53 bits per heavy atom. The van der Waals surface area contributed by atoms with Crippen molar-refractivity contribution in [2.24, 2.45) is 16.6 Å². The number of nitrogens with zero attached hydrogens (tertiary/aromatic N) is 1. The molecule has 2 N–H and O–H groups in total. The zero-order valence-corrected chi connectivity index (χ0v) is 10.6. The van der Waals surface area contributed by atoms with Crippen molar-refractivity contribution in [3.63, 3.8) is 0 Å². The Bertz CT molecular complexity index is 247. The van der Waals surface area contributed by atoms with Crippen molar-refractivity contribution in [2.45, 2.75) is 45.1 Å². The van der Waals surface area contributed by atoms with Crippen LogP contribution in [0.3, 0.4) is 0 Å². The molecule has 0 amide bonds. The molecule has 15 heavy (non-hydrogen) atoms. The molecule has 0 bridgehead atoms. The smallest absolute Gasteiger partial charge is 0.0971 e. The molecule has 2 unspecified atom stereocenters. The van der Waals surface area contributed by atoms with Crippen LogP contribution in [0.2, 0.25) is 0 Å². The first-order valence-corrected chi connectivity index (χ1v) is 7.45. The van der Waals surface area contributed by atoms with Crippen molar-refractivity contribution >= 4 is 16.6 Å². The first kappa shape index (κ1) is 12.7. The van der Waals surface area contributed by atoms with Crippen LogP contribution in [0, 0.1) is 5.92 Å². The predicted octanol–water partition coefficient (Wildman–Crippen LogP) is 1.69. The normalized spacial score (nSPS) is 22.9. The molecule has 0 saturated heterocycles. The van der Waals surface area contributed by atoms with Crippen molar-refractivity contribution in [2.75, 3.05) is 12.0 Å². The fraction of sp³-hybridized carbons (Fsp3) is 0.909. The van der Waals surface area contributed by atoms with Crippen LogP contribution in [0.1, 0.15) is 39.0 Å². The lowest BCUT2D eigenvalue weighted by molar-refractivity contribution is 0.660. The van der Waals surface area contributed by atoms with E-state index in [2.05, 4.69) is 11.9 Å². The number of amidine groups is 1. The summed E-state index contributed by atoms with van der Waals surface area (Å²) in [6.45, 7) is 2.05. The van der Waals surface area contributed by atoms with Gasteiger partial charge < -0.3 is 5.73 Å². The summed E-state index contributed by atoms with van der Waals surface area (Å²) in [5.41, 5.74) is 5.96. The van der Waals surface area contributed by atoms with Gasteiger partial charge in [-0.25, -0.2) is 0 Å². The first-order chi connectivity index (χ1) is 7.09. The highest BCUT2D eigenvalue weighted by molar-refractivity contribution is 7.84. The second-order valence-electron chi connectivity index (χ2n) is 4.45. The van der Waals surface area contributed by atoms with E-state index in [1.54, 1.807) is 6.26 Å². The molecule has 1 fully saturated rings. The van der Waals surface area contributed by atoms with Crippen molar-refractivity contribution in [3.05, 3.63) is 0 Å². The molecule has 0 aliphatic heterocycles. The van der Waals surface area contributed by atoms with Gasteiger partial charge in [0.05, 0.1) is 5.84 Å². The minimum Gasteiger partial charge on any atom is -0.387 e. The van der Waals surface area contributed by atoms with Gasteiger partial charge >= 0.3 is 0 Å². The maximum absolute atomic E-state index is 10.9. The van der Waals surface area contributed by atoms with Gasteiger partial charge in [-0.1, -0.05) is 12.8 Å². The topological polar surface area (TPSA) is 55.5 Å². The van der Waals surface area contributed by atoms with Gasteiger partial charge in [-0.05, 0) is 26.2 Å². The summed E-state index contributed by atoms with van der Waals surface area (Å²) < 4.78 is 10.9. The molecule has 1 aliphatic rings. The van der Waals surface area contributed by atoms with Gasteiger partial charge in [0.15, 0.2) is 0 Å². The van der Waals surface area contributed by atoms with Gasteiger partial charge in [-0.3, -0.25) is 9.20 Å². The van der Waals surface area contributed by atoms with Crippen molar-refractivity contribution in [1.82, 2.24) is 0 Å². The van der Waals surface area contributed by atoms with Crippen LogP contribution in [0.15, 0.2) is 4.99 Å². The maximum atomic E-state index is 10.9. The number of hydrogen-bond donors (Lipinski definition) is 1. The predicted molar refractivity (Wildman–Crippen MR) is 66.6 cm³/mol. The van der Waals surface area contributed by atoms with E-state index >= 15 is 0 Å². The third-order valence-corrected chi connectivity index (χ3v) is 3.78. The fourth-order valence-electron chi connectivity index (χ4n) is 1.98. The molecule has 4 heteroatoms. The zero-order valence-electron chi connectivity index (χ0n) is 9.74. The van der Waals surface area contributed by atoms with Crippen LogP contribution in [-0.4, -0.2) is 28.1 Å². The number of aliphatic imine (C=N–C) groups is 1. The lowest BCUT2D eigenvalue weighted by Gasteiger charge is -2.11. The molecule has 3 nitrogen and oxygen atoms in total. The van der Waals surface area contributed by atoms with Crippen LogP contribution < -0.4 is 5.73 Å². The van der Waals surface area contributed by atoms with Gasteiger partial charge in [-0.2, -0.15) is 0 Å². The van der Waals surface area contributed by atoms with E-state index in [4.69, 9.17) is 5.73 Å². The summed E-state index contributed by atoms with van der Waals surface area (Å²) in [7, 11) is -0.713. The van der Waals surface area contributed by atoms with Crippen LogP contribution in [-0.2, 0) is 10.8 Å². The second kappa shape index (κ2) is 6.26. The molecule has 88 valence electrons. The SMILES string of the molecule is CC(CCS(C)=O)N=C(N)C1CCCC1. The zero-order chi connectivity index (χ0) is 11.3. The molecule has 1 rings (SSSR count). The third kappa shape index (κ3) is 4.78. The third-order valence-electron chi connectivity index (χ3n) is 2.97. The highest BCUT2D eigenvalue weighted by Crippen LogP contribution is 2.24. The molecular weight excluding hydrogens is 208 g/mol. The molecule has 0 aromatic carbocycles. The maximum Gasteiger partial charge on any atom is 0.0971 e. The Balaban J connectivity index is 2.35. The Morgan fingerprint density at radius 3 is 2.67 bits per heavy atom. The quantitative estimate of drug-likeness (QED) is 0.577. The molecule has 0 radical (unpaired) electrons. The lowest BCUT2D eigenvalue weighted by atomic mass is 10.1. The van der Waals surface area contributed by atoms with Crippen LogP contribution >= 0.6 is 0 Å². The molecule has 0 spiro atoms. The molecule has 0 heterocycles. The number of rotatable bonds is 5. The van der Waals surface area contributed by atoms with Crippen LogP contribution in [0.5, 0.6) is 0 Å². The minimum absolute atomic E-state index is 0.217. The largest absolute Gasteiger partial charge is 0.387 e. The van der Waals surface area contributed by atoms with E-state index in [1.807, 2.05) is 0 Å². The van der Waals surface area contributed by atoms with Crippen molar-refractivity contribution < 1.29 is 4.21 Å². The molecule has 0 aromatic rings. The Hall–Kier alpha value is -0.380. The number of nitrogens with two attached hydrogens (primary N) is 1. The first-order valence-electron chi connectivity index (χ1n) is 5.72. The van der Waals surface area contributed by atoms with E-state index < -0.39 is 10.8 Å². The molecule has 2 atom stereocenters. The van der Waals surface area contributed by atoms with Gasteiger partial charge in [-0.15, -0.1) is 0 Å². The Labute approximate surface area is 95.0 Å². The van der Waals surface area contributed by atoms with Gasteiger partial charge in [0.25, 0.3) is 0 Å². The van der Waals surface area contributed by atoms with Crippen molar-refractivity contribution in [1.29, 1.82) is 0 Å². The van der Waals surface area contributed by atoms with E-state index in [0.717, 1.165) is 18.0 Å². The molecule has 1 saturated carbocycles. The van der Waals surface area contributed by atoms with E-state index in [0.29, 0.717) is 5.92 Å². The summed E-state index contributed by atoms with van der Waals surface area (Å²) in [5, 5.41) is 0. The summed E-state index contributed by atoms with van der Waals surface area (Å²) in [6.07, 6.45) is 7.57. The van der Waals surface area contributed by atoms with Crippen molar-refractivity contribution in [3.8, 4) is 0 Å². The minimum atomic E-state index is -0.713. The van der Waals surface area contributed by atoms with E-state index in [1.165, 1.54) is 25.7 Å². The van der Waals surface area contributed by atoms with Crippen LogP contribution in [0.4, 0.5) is 0 Å². The summed E-state index contributed by atoms with van der Waals surface area (Å²) in [6, 6.07) is 0.217. The Kier molecular flexibility index (Phi) is 5.29. The summed E-state index contributed by atoms with van der Waals surface area (Å²) >= 11 is 0.